The van der Waals surface area contributed by atoms with Crippen LogP contribution >= 0.6 is 11.6 Å². The van der Waals surface area contributed by atoms with Crippen molar-refractivity contribution < 1.29 is 18.0 Å². The van der Waals surface area contributed by atoms with E-state index in [2.05, 4.69) is 10.3 Å². The number of nitrogens with zero attached hydrogens (tertiary/aromatic N) is 1. The Bertz CT molecular complexity index is 1550. The number of primary amides is 1. The summed E-state index contributed by atoms with van der Waals surface area (Å²) in [6.45, 7) is 0. The molecule has 0 atom stereocenters. The van der Waals surface area contributed by atoms with Gasteiger partial charge in [-0.3, -0.25) is 14.6 Å². The summed E-state index contributed by atoms with van der Waals surface area (Å²) in [5, 5.41) is 3.00. The number of halogens is 1. The van der Waals surface area contributed by atoms with Gasteiger partial charge in [-0.05, 0) is 65.7 Å². The van der Waals surface area contributed by atoms with Gasteiger partial charge in [-0.2, -0.15) is 0 Å². The highest BCUT2D eigenvalue weighted by Crippen LogP contribution is 2.31. The third-order valence-corrected chi connectivity index (χ3v) is 6.73. The quantitative estimate of drug-likeness (QED) is 0.389. The average molecular weight is 506 g/mol. The van der Waals surface area contributed by atoms with E-state index in [0.717, 1.165) is 17.5 Å². The molecule has 0 aliphatic rings. The first-order chi connectivity index (χ1) is 16.6. The van der Waals surface area contributed by atoms with Gasteiger partial charge in [0.05, 0.1) is 21.2 Å². The summed E-state index contributed by atoms with van der Waals surface area (Å²) >= 11 is 6.08. The molecule has 4 rings (SSSR count). The molecule has 0 aliphatic heterocycles. The highest BCUT2D eigenvalue weighted by molar-refractivity contribution is 7.90. The molecule has 35 heavy (non-hydrogen) atoms. The van der Waals surface area contributed by atoms with Crippen LogP contribution in [-0.4, -0.2) is 31.5 Å². The molecule has 1 heterocycles. The highest BCUT2D eigenvalue weighted by atomic mass is 35.5. The van der Waals surface area contributed by atoms with Crippen molar-refractivity contribution in [1.29, 1.82) is 0 Å². The molecule has 0 unspecified atom stereocenters. The van der Waals surface area contributed by atoms with E-state index in [1.54, 1.807) is 30.5 Å². The molecule has 3 aromatic carbocycles. The van der Waals surface area contributed by atoms with Crippen molar-refractivity contribution in [2.24, 2.45) is 5.73 Å². The first-order valence-electron chi connectivity index (χ1n) is 10.4. The van der Waals surface area contributed by atoms with Gasteiger partial charge >= 0.3 is 0 Å². The number of hydrogen-bond acceptors (Lipinski definition) is 5. The number of hydrogen-bond donors (Lipinski definition) is 2. The zero-order valence-corrected chi connectivity index (χ0v) is 20.1. The summed E-state index contributed by atoms with van der Waals surface area (Å²) in [6, 6.07) is 21.4. The number of pyridine rings is 1. The second-order valence-electron chi connectivity index (χ2n) is 7.79. The lowest BCUT2D eigenvalue weighted by Gasteiger charge is -2.14. The molecule has 9 heteroatoms. The molecule has 4 aromatic rings. The molecule has 0 radical (unpaired) electrons. The molecule has 2 amide bonds. The first kappa shape index (κ1) is 24.1. The Kier molecular flexibility index (Phi) is 6.68. The first-order valence-corrected chi connectivity index (χ1v) is 12.7. The summed E-state index contributed by atoms with van der Waals surface area (Å²) in [5.74, 6) is -1.21. The maximum atomic E-state index is 13.3. The van der Waals surface area contributed by atoms with E-state index in [9.17, 15) is 18.0 Å². The van der Waals surface area contributed by atoms with E-state index in [1.165, 1.54) is 30.3 Å². The van der Waals surface area contributed by atoms with Crippen LogP contribution in [0.1, 0.15) is 20.7 Å². The number of nitrogens with two attached hydrogens (primary N) is 1. The standard InChI is InChI=1S/C26H20ClN3O4S/c1-35(33,34)19-9-10-20(21(15-19)16-8-11-23(27)22(14-16)25(28)31)26(32)30-18-6-4-5-17(13-18)24-7-2-3-12-29-24/h2-15H,1H3,(H2,28,31)(H,30,32). The van der Waals surface area contributed by atoms with Crippen LogP contribution < -0.4 is 11.1 Å². The Hall–Kier alpha value is -4.01. The topological polar surface area (TPSA) is 119 Å². The van der Waals surface area contributed by atoms with Gasteiger partial charge in [0, 0.05) is 29.3 Å². The molecule has 0 saturated carbocycles. The molecule has 7 nitrogen and oxygen atoms in total. The predicted octanol–water partition coefficient (Wildman–Crippen LogP) is 4.82. The molecular formula is C26H20ClN3O4S. The van der Waals surface area contributed by atoms with E-state index >= 15 is 0 Å². The molecule has 0 saturated heterocycles. The molecule has 0 spiro atoms. The molecule has 1 aromatic heterocycles. The van der Waals surface area contributed by atoms with Gasteiger partial charge in [0.1, 0.15) is 0 Å². The minimum Gasteiger partial charge on any atom is -0.366 e. The second-order valence-corrected chi connectivity index (χ2v) is 10.2. The van der Waals surface area contributed by atoms with E-state index in [4.69, 9.17) is 17.3 Å². The molecule has 3 N–H and O–H groups in total. The van der Waals surface area contributed by atoms with Crippen molar-refractivity contribution in [3.05, 3.63) is 101 Å². The molecule has 0 aliphatic carbocycles. The number of anilines is 1. The fourth-order valence-corrected chi connectivity index (χ4v) is 4.42. The number of carbonyl (C=O) groups excluding carboxylic acids is 2. The van der Waals surface area contributed by atoms with E-state index < -0.39 is 21.7 Å². The molecule has 176 valence electrons. The van der Waals surface area contributed by atoms with Crippen molar-refractivity contribution in [2.45, 2.75) is 4.90 Å². The van der Waals surface area contributed by atoms with Crippen LogP contribution in [0.15, 0.2) is 90.0 Å². The fourth-order valence-electron chi connectivity index (χ4n) is 3.56. The molecule has 0 fully saturated rings. The van der Waals surface area contributed by atoms with Crippen LogP contribution in [0, 0.1) is 0 Å². The van der Waals surface area contributed by atoms with Crippen LogP contribution in [0.5, 0.6) is 0 Å². The number of rotatable bonds is 6. The highest BCUT2D eigenvalue weighted by Gasteiger charge is 2.19. The lowest BCUT2D eigenvalue weighted by Crippen LogP contribution is -2.14. The van der Waals surface area contributed by atoms with Gasteiger partial charge in [0.25, 0.3) is 5.91 Å². The third kappa shape index (κ3) is 5.40. The smallest absolute Gasteiger partial charge is 0.256 e. The predicted molar refractivity (Wildman–Crippen MR) is 136 cm³/mol. The Balaban J connectivity index is 1.77. The number of amides is 2. The largest absolute Gasteiger partial charge is 0.366 e. The number of aromatic nitrogens is 1. The van der Waals surface area contributed by atoms with Crippen molar-refractivity contribution in [3.8, 4) is 22.4 Å². The summed E-state index contributed by atoms with van der Waals surface area (Å²) < 4.78 is 24.4. The maximum absolute atomic E-state index is 13.3. The minimum absolute atomic E-state index is 0.0248. The lowest BCUT2D eigenvalue weighted by atomic mass is 9.97. The Labute approximate surface area is 207 Å². The molecular weight excluding hydrogens is 486 g/mol. The van der Waals surface area contributed by atoms with E-state index in [0.29, 0.717) is 16.8 Å². The Morgan fingerprint density at radius 1 is 0.886 bits per heavy atom. The van der Waals surface area contributed by atoms with Crippen LogP contribution in [0.3, 0.4) is 0 Å². The van der Waals surface area contributed by atoms with Crippen molar-refractivity contribution in [3.63, 3.8) is 0 Å². The minimum atomic E-state index is -3.56. The van der Waals surface area contributed by atoms with Crippen LogP contribution in [0.25, 0.3) is 22.4 Å². The van der Waals surface area contributed by atoms with Crippen molar-refractivity contribution in [1.82, 2.24) is 4.98 Å². The Morgan fingerprint density at radius 3 is 2.37 bits per heavy atom. The molecule has 0 bridgehead atoms. The summed E-state index contributed by atoms with van der Waals surface area (Å²) in [7, 11) is -3.56. The van der Waals surface area contributed by atoms with E-state index in [-0.39, 0.29) is 21.0 Å². The monoisotopic (exact) mass is 505 g/mol. The van der Waals surface area contributed by atoms with Gasteiger partial charge < -0.3 is 11.1 Å². The number of benzene rings is 3. The summed E-state index contributed by atoms with van der Waals surface area (Å²) in [5.41, 5.74) is 8.52. The van der Waals surface area contributed by atoms with Crippen molar-refractivity contribution >= 4 is 38.9 Å². The van der Waals surface area contributed by atoms with Crippen molar-refractivity contribution in [2.75, 3.05) is 11.6 Å². The van der Waals surface area contributed by atoms with Gasteiger partial charge in [0.2, 0.25) is 5.91 Å². The van der Waals surface area contributed by atoms with Crippen LogP contribution in [0.2, 0.25) is 5.02 Å². The van der Waals surface area contributed by atoms with Gasteiger partial charge in [-0.1, -0.05) is 35.9 Å². The van der Waals surface area contributed by atoms with Crippen LogP contribution in [0.4, 0.5) is 5.69 Å². The Morgan fingerprint density at radius 2 is 1.69 bits per heavy atom. The van der Waals surface area contributed by atoms with E-state index in [1.807, 2.05) is 24.3 Å². The second kappa shape index (κ2) is 9.69. The summed E-state index contributed by atoms with van der Waals surface area (Å²) in [6.07, 6.45) is 2.76. The zero-order chi connectivity index (χ0) is 25.2. The average Bonchev–Trinajstić information content (AvgIpc) is 2.84. The lowest BCUT2D eigenvalue weighted by molar-refractivity contribution is 0.0998. The number of sulfone groups is 1. The van der Waals surface area contributed by atoms with Gasteiger partial charge in [-0.25, -0.2) is 8.42 Å². The van der Waals surface area contributed by atoms with Gasteiger partial charge in [-0.15, -0.1) is 0 Å². The normalized spacial score (nSPS) is 11.1. The number of carbonyl (C=O) groups is 2. The maximum Gasteiger partial charge on any atom is 0.256 e. The third-order valence-electron chi connectivity index (χ3n) is 5.29. The zero-order valence-electron chi connectivity index (χ0n) is 18.5. The van der Waals surface area contributed by atoms with Crippen LogP contribution in [-0.2, 0) is 9.84 Å². The summed E-state index contributed by atoms with van der Waals surface area (Å²) in [4.78, 5) is 29.5. The fraction of sp³-hybridized carbons (Fsp3) is 0.0385. The SMILES string of the molecule is CS(=O)(=O)c1ccc(C(=O)Nc2cccc(-c3ccccn3)c2)c(-c2ccc(Cl)c(C(N)=O)c2)c1. The van der Waals surface area contributed by atoms with Gasteiger partial charge in [0.15, 0.2) is 9.84 Å². The number of nitrogens with one attached hydrogen (secondary N) is 1.